The van der Waals surface area contributed by atoms with Crippen molar-refractivity contribution in [2.45, 2.75) is 63.6 Å². The minimum absolute atomic E-state index is 0.0408. The second-order valence-corrected chi connectivity index (χ2v) is 9.05. The topological polar surface area (TPSA) is 46.5 Å². The molecule has 0 spiro atoms. The summed E-state index contributed by atoms with van der Waals surface area (Å²) in [7, 11) is 0. The number of aliphatic hydroxyl groups is 1. The Morgan fingerprint density at radius 3 is 2.19 bits per heavy atom. The first-order chi connectivity index (χ1) is 15.1. The SMILES string of the molecule is CCc1cc(C)cc(CC)c1C1=C(O)CC(CCSc2ccc(C(F)(F)F)cc2)OC1=O. The lowest BCUT2D eigenvalue weighted by molar-refractivity contribution is -0.143. The van der Waals surface area contributed by atoms with Gasteiger partial charge in [-0.2, -0.15) is 13.2 Å². The van der Waals surface area contributed by atoms with E-state index in [1.807, 2.05) is 32.9 Å². The zero-order chi connectivity index (χ0) is 23.5. The van der Waals surface area contributed by atoms with Crippen LogP contribution in [0.4, 0.5) is 13.2 Å². The first kappa shape index (κ1) is 24.2. The molecule has 2 aromatic rings. The molecule has 2 aromatic carbocycles. The van der Waals surface area contributed by atoms with Gasteiger partial charge in [0, 0.05) is 17.1 Å². The second-order valence-electron chi connectivity index (χ2n) is 7.88. The van der Waals surface area contributed by atoms with E-state index < -0.39 is 23.8 Å². The van der Waals surface area contributed by atoms with Crippen molar-refractivity contribution < 1.29 is 27.8 Å². The fraction of sp³-hybridized carbons (Fsp3) is 0.400. The maximum absolute atomic E-state index is 12.8. The molecule has 0 aliphatic carbocycles. The fourth-order valence-electron chi connectivity index (χ4n) is 3.96. The molecule has 3 rings (SSSR count). The number of hydrogen-bond acceptors (Lipinski definition) is 4. The first-order valence-electron chi connectivity index (χ1n) is 10.7. The third-order valence-corrected chi connectivity index (χ3v) is 6.58. The minimum atomic E-state index is -4.35. The van der Waals surface area contributed by atoms with Gasteiger partial charge in [-0.1, -0.05) is 31.5 Å². The van der Waals surface area contributed by atoms with E-state index in [2.05, 4.69) is 0 Å². The molecule has 1 unspecified atom stereocenters. The molecule has 172 valence electrons. The summed E-state index contributed by atoms with van der Waals surface area (Å²) in [6.45, 7) is 6.05. The molecular formula is C25H27F3O3S. The highest BCUT2D eigenvalue weighted by molar-refractivity contribution is 7.99. The molecule has 0 aromatic heterocycles. The van der Waals surface area contributed by atoms with E-state index in [1.165, 1.54) is 23.9 Å². The summed E-state index contributed by atoms with van der Waals surface area (Å²) < 4.78 is 43.7. The van der Waals surface area contributed by atoms with Crippen LogP contribution in [0.2, 0.25) is 0 Å². The summed E-state index contributed by atoms with van der Waals surface area (Å²) >= 11 is 1.39. The molecular weight excluding hydrogens is 437 g/mol. The number of thioether (sulfide) groups is 1. The van der Waals surface area contributed by atoms with Gasteiger partial charge in [-0.05, 0) is 67.1 Å². The van der Waals surface area contributed by atoms with Crippen LogP contribution in [0.15, 0.2) is 47.1 Å². The number of ether oxygens (including phenoxy) is 1. The van der Waals surface area contributed by atoms with Gasteiger partial charge < -0.3 is 9.84 Å². The Kier molecular flexibility index (Phi) is 7.59. The zero-order valence-corrected chi connectivity index (χ0v) is 19.2. The highest BCUT2D eigenvalue weighted by Gasteiger charge is 2.32. The molecule has 0 bridgehead atoms. The van der Waals surface area contributed by atoms with Crippen molar-refractivity contribution in [3.63, 3.8) is 0 Å². The van der Waals surface area contributed by atoms with Gasteiger partial charge in [0.2, 0.25) is 0 Å². The van der Waals surface area contributed by atoms with Crippen LogP contribution in [-0.2, 0) is 28.5 Å². The van der Waals surface area contributed by atoms with E-state index in [0.29, 0.717) is 17.1 Å². The number of esters is 1. The number of rotatable bonds is 7. The van der Waals surface area contributed by atoms with Crippen LogP contribution in [-0.4, -0.2) is 22.9 Å². The van der Waals surface area contributed by atoms with Gasteiger partial charge in [0.05, 0.1) is 5.56 Å². The van der Waals surface area contributed by atoms with Crippen LogP contribution in [0.1, 0.15) is 54.5 Å². The maximum Gasteiger partial charge on any atom is 0.416 e. The molecule has 1 aliphatic rings. The number of hydrogen-bond donors (Lipinski definition) is 1. The minimum Gasteiger partial charge on any atom is -0.511 e. The van der Waals surface area contributed by atoms with Crippen molar-refractivity contribution in [1.82, 2.24) is 0 Å². The quantitative estimate of drug-likeness (QED) is 0.357. The predicted octanol–water partition coefficient (Wildman–Crippen LogP) is 6.91. The third-order valence-electron chi connectivity index (χ3n) is 5.54. The molecule has 7 heteroatoms. The summed E-state index contributed by atoms with van der Waals surface area (Å²) in [5, 5.41) is 10.8. The molecule has 0 saturated heterocycles. The van der Waals surface area contributed by atoms with E-state index in [1.54, 1.807) is 0 Å². The number of carbonyl (C=O) groups is 1. The van der Waals surface area contributed by atoms with Gasteiger partial charge in [-0.25, -0.2) is 4.79 Å². The van der Waals surface area contributed by atoms with Crippen molar-refractivity contribution in [1.29, 1.82) is 0 Å². The van der Waals surface area contributed by atoms with Crippen LogP contribution >= 0.6 is 11.8 Å². The van der Waals surface area contributed by atoms with Crippen LogP contribution in [0, 0.1) is 6.92 Å². The van der Waals surface area contributed by atoms with Gasteiger partial charge in [-0.3, -0.25) is 0 Å². The number of aliphatic hydroxyl groups excluding tert-OH is 1. The largest absolute Gasteiger partial charge is 0.511 e. The molecule has 0 amide bonds. The summed E-state index contributed by atoms with van der Waals surface area (Å²) in [4.78, 5) is 13.6. The molecule has 32 heavy (non-hydrogen) atoms. The molecule has 0 radical (unpaired) electrons. The lowest BCUT2D eigenvalue weighted by atomic mass is 9.87. The average Bonchev–Trinajstić information content (AvgIpc) is 2.73. The van der Waals surface area contributed by atoms with E-state index >= 15 is 0 Å². The van der Waals surface area contributed by atoms with E-state index in [-0.39, 0.29) is 17.8 Å². The second kappa shape index (κ2) is 10.0. The third kappa shape index (κ3) is 5.49. The van der Waals surface area contributed by atoms with Gasteiger partial charge in [0.1, 0.15) is 17.4 Å². The zero-order valence-electron chi connectivity index (χ0n) is 18.4. The van der Waals surface area contributed by atoms with Crippen molar-refractivity contribution in [2.24, 2.45) is 0 Å². The molecule has 1 heterocycles. The van der Waals surface area contributed by atoms with Crippen LogP contribution < -0.4 is 0 Å². The van der Waals surface area contributed by atoms with E-state index in [0.717, 1.165) is 47.2 Å². The Balaban J connectivity index is 1.69. The monoisotopic (exact) mass is 464 g/mol. The average molecular weight is 465 g/mol. The van der Waals surface area contributed by atoms with Crippen molar-refractivity contribution in [2.75, 3.05) is 5.75 Å². The van der Waals surface area contributed by atoms with E-state index in [4.69, 9.17) is 4.74 Å². The highest BCUT2D eigenvalue weighted by atomic mass is 32.2. The number of aryl methyl sites for hydroxylation is 3. The molecule has 1 aliphatic heterocycles. The lowest BCUT2D eigenvalue weighted by Crippen LogP contribution is -2.27. The Bertz CT molecular complexity index is 985. The van der Waals surface area contributed by atoms with Crippen molar-refractivity contribution in [3.8, 4) is 0 Å². The van der Waals surface area contributed by atoms with E-state index in [9.17, 15) is 23.1 Å². The number of halogens is 3. The van der Waals surface area contributed by atoms with Crippen LogP contribution in [0.25, 0.3) is 5.57 Å². The molecule has 3 nitrogen and oxygen atoms in total. The van der Waals surface area contributed by atoms with Gasteiger partial charge in [0.25, 0.3) is 0 Å². The normalized spacial score (nSPS) is 16.9. The Morgan fingerprint density at radius 1 is 1.09 bits per heavy atom. The summed E-state index contributed by atoms with van der Waals surface area (Å²) in [5.74, 6) is 0.0715. The molecule has 0 fully saturated rings. The van der Waals surface area contributed by atoms with Gasteiger partial charge in [0.15, 0.2) is 0 Å². The van der Waals surface area contributed by atoms with Gasteiger partial charge >= 0.3 is 12.1 Å². The number of alkyl halides is 3. The number of cyclic esters (lactones) is 1. The summed E-state index contributed by atoms with van der Waals surface area (Å²) in [6.07, 6.45) is -2.62. The molecule has 1 N–H and O–H groups in total. The number of carbonyl (C=O) groups excluding carboxylic acids is 1. The maximum atomic E-state index is 12.8. The smallest absolute Gasteiger partial charge is 0.416 e. The fourth-order valence-corrected chi connectivity index (χ4v) is 4.91. The number of benzene rings is 2. The predicted molar refractivity (Wildman–Crippen MR) is 121 cm³/mol. The Morgan fingerprint density at radius 2 is 1.69 bits per heavy atom. The van der Waals surface area contributed by atoms with Crippen molar-refractivity contribution >= 4 is 23.3 Å². The Hall–Kier alpha value is -2.41. The molecule has 0 saturated carbocycles. The highest BCUT2D eigenvalue weighted by Crippen LogP contribution is 2.35. The summed E-state index contributed by atoms with van der Waals surface area (Å²) in [5.41, 5.74) is 3.49. The van der Waals surface area contributed by atoms with Gasteiger partial charge in [-0.15, -0.1) is 11.8 Å². The lowest BCUT2D eigenvalue weighted by Gasteiger charge is -2.26. The Labute approximate surface area is 190 Å². The molecule has 1 atom stereocenters. The summed E-state index contributed by atoms with van der Waals surface area (Å²) in [6, 6.07) is 9.06. The van der Waals surface area contributed by atoms with Crippen molar-refractivity contribution in [3.05, 3.63) is 70.0 Å². The van der Waals surface area contributed by atoms with Crippen LogP contribution in [0.5, 0.6) is 0 Å². The first-order valence-corrected chi connectivity index (χ1v) is 11.7. The standard InChI is InChI=1S/C25H27F3O3S/c1-4-16-12-15(3)13-17(5-2)22(16)23-21(29)14-19(31-24(23)30)10-11-32-20-8-6-18(7-9-20)25(26,27)28/h6-9,12-13,19,29H,4-5,10-11,14H2,1-3H3. The van der Waals surface area contributed by atoms with Crippen LogP contribution in [0.3, 0.4) is 0 Å².